The van der Waals surface area contributed by atoms with E-state index in [0.717, 1.165) is 5.56 Å². The van der Waals surface area contributed by atoms with Crippen molar-refractivity contribution in [2.45, 2.75) is 12.8 Å². The normalized spacial score (nSPS) is 9.63. The fraction of sp³-hybridized carbons (Fsp3) is 0.250. The molecule has 7 heteroatoms. The van der Waals surface area contributed by atoms with Crippen LogP contribution in [0.3, 0.4) is 0 Å². The molecule has 0 heterocycles. The molecular weight excluding hydrogens is 370 g/mol. The number of esters is 2. The first kappa shape index (κ1) is 22.5. The van der Waals surface area contributed by atoms with Gasteiger partial charge in [0.25, 0.3) is 0 Å². The summed E-state index contributed by atoms with van der Waals surface area (Å²) in [6, 6.07) is 12.7. The van der Waals surface area contributed by atoms with Gasteiger partial charge in [0.15, 0.2) is 0 Å². The highest BCUT2D eigenvalue weighted by Crippen LogP contribution is 2.11. The Kier molecular flexibility index (Phi) is 9.91. The number of hydrogen-bond acceptors (Lipinski definition) is 5. The van der Waals surface area contributed by atoms with Gasteiger partial charge in [-0.15, -0.1) is 9.24 Å². The highest BCUT2D eigenvalue weighted by Gasteiger charge is 2.16. The second-order valence-electron chi connectivity index (χ2n) is 5.40. The molecule has 2 aromatic carbocycles. The Morgan fingerprint density at radius 2 is 1.48 bits per heavy atom. The number of rotatable bonds is 6. The van der Waals surface area contributed by atoms with E-state index in [1.54, 1.807) is 18.2 Å². The van der Waals surface area contributed by atoms with E-state index >= 15 is 0 Å². The van der Waals surface area contributed by atoms with Crippen LogP contribution in [0.4, 0.5) is 4.39 Å². The zero-order valence-electron chi connectivity index (χ0n) is 15.2. The van der Waals surface area contributed by atoms with Crippen molar-refractivity contribution in [3.05, 3.63) is 71.0 Å². The molecule has 0 aliphatic carbocycles. The zero-order chi connectivity index (χ0) is 20.2. The van der Waals surface area contributed by atoms with E-state index in [9.17, 15) is 18.8 Å². The van der Waals surface area contributed by atoms with E-state index in [-0.39, 0.29) is 22.7 Å². The van der Waals surface area contributed by atoms with Gasteiger partial charge < -0.3 is 9.47 Å². The van der Waals surface area contributed by atoms with Crippen LogP contribution >= 0.6 is 9.24 Å². The Balaban J connectivity index is 0.000000271. The first-order valence-corrected chi connectivity index (χ1v) is 8.96. The lowest BCUT2D eigenvalue weighted by molar-refractivity contribution is -0.116. The minimum absolute atomic E-state index is 0.189. The Labute approximate surface area is 160 Å². The van der Waals surface area contributed by atoms with Crippen molar-refractivity contribution in [1.29, 1.82) is 0 Å². The van der Waals surface area contributed by atoms with Gasteiger partial charge in [-0.25, -0.2) is 14.0 Å². The molecule has 27 heavy (non-hydrogen) atoms. The van der Waals surface area contributed by atoms with E-state index in [2.05, 4.69) is 18.7 Å². The van der Waals surface area contributed by atoms with Crippen LogP contribution in [-0.4, -0.2) is 38.1 Å². The lowest BCUT2D eigenvalue weighted by Crippen LogP contribution is -2.11. The van der Waals surface area contributed by atoms with E-state index in [1.807, 2.05) is 6.07 Å². The number of carbonyl (C=O) groups is 3. The quantitative estimate of drug-likeness (QED) is 0.556. The molecule has 0 aliphatic heterocycles. The van der Waals surface area contributed by atoms with Crippen molar-refractivity contribution < 1.29 is 28.2 Å². The van der Waals surface area contributed by atoms with Crippen LogP contribution in [0.25, 0.3) is 0 Å². The summed E-state index contributed by atoms with van der Waals surface area (Å²) in [6.45, 7) is 0. The smallest absolute Gasteiger partial charge is 0.338 e. The predicted octanol–water partition coefficient (Wildman–Crippen LogP) is 3.46. The molecule has 0 N–H and O–H groups in total. The van der Waals surface area contributed by atoms with Gasteiger partial charge in [0, 0.05) is 12.6 Å². The number of ketones is 1. The second-order valence-corrected chi connectivity index (χ2v) is 5.81. The largest absolute Gasteiger partial charge is 0.465 e. The number of hydrogen-bond donors (Lipinski definition) is 0. The second kappa shape index (κ2) is 11.9. The number of carbonyl (C=O) groups excluding carboxylic acids is 3. The van der Waals surface area contributed by atoms with Crippen LogP contribution in [0.1, 0.15) is 32.7 Å². The molecule has 0 aliphatic rings. The van der Waals surface area contributed by atoms with Crippen molar-refractivity contribution in [2.24, 2.45) is 0 Å². The fourth-order valence-electron chi connectivity index (χ4n) is 2.14. The summed E-state index contributed by atoms with van der Waals surface area (Å²) in [5.41, 5.74) is 1.30. The van der Waals surface area contributed by atoms with Crippen molar-refractivity contribution >= 4 is 27.0 Å². The molecule has 2 aromatic rings. The SMILES string of the molecule is COC(=O)c1ccccc1C(=O)OC.O=C(CP)CCc1cccc(F)c1. The standard InChI is InChI=1S/C10H12FOP.C10H10O4/c11-9-3-1-2-8(6-9)4-5-10(12)7-13;1-13-9(11)7-5-3-4-6-8(7)10(12)14-2/h1-3,6H,4-5,7,13H2;3-6H,1-2H3. The summed E-state index contributed by atoms with van der Waals surface area (Å²) in [6.07, 6.45) is 1.60. The molecule has 0 aromatic heterocycles. The van der Waals surface area contributed by atoms with E-state index < -0.39 is 11.9 Å². The molecule has 1 atom stereocenters. The van der Waals surface area contributed by atoms with Crippen LogP contribution in [0.2, 0.25) is 0 Å². The highest BCUT2D eigenvalue weighted by atomic mass is 31.0. The van der Waals surface area contributed by atoms with Gasteiger partial charge >= 0.3 is 11.9 Å². The van der Waals surface area contributed by atoms with E-state index in [1.165, 1.54) is 38.5 Å². The number of aryl methyl sites for hydroxylation is 1. The van der Waals surface area contributed by atoms with Crippen LogP contribution < -0.4 is 0 Å². The van der Waals surface area contributed by atoms with Crippen molar-refractivity contribution in [2.75, 3.05) is 20.4 Å². The fourth-order valence-corrected chi connectivity index (χ4v) is 2.34. The Bertz CT molecular complexity index is 756. The molecule has 0 radical (unpaired) electrons. The van der Waals surface area contributed by atoms with E-state index in [0.29, 0.717) is 19.0 Å². The minimum atomic E-state index is -0.550. The molecule has 0 amide bonds. The zero-order valence-corrected chi connectivity index (χ0v) is 16.4. The molecule has 2 rings (SSSR count). The molecule has 0 bridgehead atoms. The Morgan fingerprint density at radius 3 is 1.93 bits per heavy atom. The van der Waals surface area contributed by atoms with Gasteiger partial charge in [0.2, 0.25) is 0 Å². The Hall–Kier alpha value is -2.59. The minimum Gasteiger partial charge on any atom is -0.465 e. The van der Waals surface area contributed by atoms with Gasteiger partial charge in [-0.3, -0.25) is 4.79 Å². The van der Waals surface area contributed by atoms with Crippen LogP contribution in [0, 0.1) is 5.82 Å². The molecule has 5 nitrogen and oxygen atoms in total. The Morgan fingerprint density at radius 1 is 0.926 bits per heavy atom. The monoisotopic (exact) mass is 392 g/mol. The average Bonchev–Trinajstić information content (AvgIpc) is 2.71. The van der Waals surface area contributed by atoms with Crippen molar-refractivity contribution in [3.8, 4) is 0 Å². The summed E-state index contributed by atoms with van der Waals surface area (Å²) < 4.78 is 21.7. The van der Waals surface area contributed by atoms with Crippen molar-refractivity contribution in [3.63, 3.8) is 0 Å². The molecular formula is C20H22FO5P. The third kappa shape index (κ3) is 7.67. The number of halogens is 1. The summed E-state index contributed by atoms with van der Waals surface area (Å²) in [7, 11) is 4.91. The lowest BCUT2D eigenvalue weighted by atomic mass is 10.1. The maximum absolute atomic E-state index is 12.7. The maximum Gasteiger partial charge on any atom is 0.338 e. The third-order valence-electron chi connectivity index (χ3n) is 3.55. The van der Waals surface area contributed by atoms with Crippen LogP contribution in [-0.2, 0) is 20.7 Å². The summed E-state index contributed by atoms with van der Waals surface area (Å²) >= 11 is 0. The lowest BCUT2D eigenvalue weighted by Gasteiger charge is -2.04. The van der Waals surface area contributed by atoms with Gasteiger partial charge in [-0.1, -0.05) is 24.3 Å². The first-order valence-electron chi connectivity index (χ1n) is 8.14. The molecule has 144 valence electrons. The number of methoxy groups -OCH3 is 2. The third-order valence-corrected chi connectivity index (χ3v) is 4.00. The first-order chi connectivity index (χ1) is 12.9. The molecule has 0 spiro atoms. The topological polar surface area (TPSA) is 69.7 Å². The van der Waals surface area contributed by atoms with E-state index in [4.69, 9.17) is 0 Å². The molecule has 1 unspecified atom stereocenters. The van der Waals surface area contributed by atoms with Crippen LogP contribution in [0.15, 0.2) is 48.5 Å². The number of Topliss-reactive ketones (excluding diaryl/α,β-unsaturated/α-hetero) is 1. The average molecular weight is 392 g/mol. The molecule has 0 saturated heterocycles. The summed E-state index contributed by atoms with van der Waals surface area (Å²) in [4.78, 5) is 33.4. The summed E-state index contributed by atoms with van der Waals surface area (Å²) in [5, 5.41) is 0. The predicted molar refractivity (Wildman–Crippen MR) is 103 cm³/mol. The highest BCUT2D eigenvalue weighted by molar-refractivity contribution is 7.18. The van der Waals surface area contributed by atoms with Gasteiger partial charge in [-0.2, -0.15) is 0 Å². The van der Waals surface area contributed by atoms with Gasteiger partial charge in [0.05, 0.1) is 25.3 Å². The summed E-state index contributed by atoms with van der Waals surface area (Å²) in [5.74, 6) is -1.15. The van der Waals surface area contributed by atoms with Crippen molar-refractivity contribution in [1.82, 2.24) is 0 Å². The maximum atomic E-state index is 12.7. The molecule has 0 fully saturated rings. The van der Waals surface area contributed by atoms with Gasteiger partial charge in [0.1, 0.15) is 11.6 Å². The van der Waals surface area contributed by atoms with Crippen LogP contribution in [0.5, 0.6) is 0 Å². The number of benzene rings is 2. The molecule has 0 saturated carbocycles. The van der Waals surface area contributed by atoms with Gasteiger partial charge in [-0.05, 0) is 36.2 Å². The number of ether oxygens (including phenoxy) is 2.